The van der Waals surface area contributed by atoms with Crippen LogP contribution in [0.15, 0.2) is 0 Å². The molecule has 5 nitrogen and oxygen atoms in total. The third kappa shape index (κ3) is 22.7. The van der Waals surface area contributed by atoms with Gasteiger partial charge in [-0.3, -0.25) is 9.35 Å². The third-order valence-corrected chi connectivity index (χ3v) is 3.91. The standard InChI is InChI=1S/C14H29NO4S.CH3.Na/c1-2-3-4-5-6-7-8-9-10-11-14(16)15-12-13-20(17,18)19;;/h2-13H2,1H3,(H,15,16)(H,17,18,19);1H3;. The van der Waals surface area contributed by atoms with E-state index in [9.17, 15) is 13.2 Å². The number of hydrogen-bond donors (Lipinski definition) is 2. The quantitative estimate of drug-likeness (QED) is 0.305. The van der Waals surface area contributed by atoms with Crippen LogP contribution < -0.4 is 5.32 Å². The second-order valence-corrected chi connectivity index (χ2v) is 6.79. The summed E-state index contributed by atoms with van der Waals surface area (Å²) in [6.07, 6.45) is 11.2. The molecular weight excluding hydrogens is 313 g/mol. The van der Waals surface area contributed by atoms with Crippen molar-refractivity contribution in [3.05, 3.63) is 0 Å². The van der Waals surface area contributed by atoms with Gasteiger partial charge < -0.3 is 5.32 Å². The summed E-state index contributed by atoms with van der Waals surface area (Å²) in [6.45, 7) is 2.19. The predicted octanol–water partition coefficient (Wildman–Crippen LogP) is 3.11. The summed E-state index contributed by atoms with van der Waals surface area (Å²) in [4.78, 5) is 11.3. The number of nitrogens with one attached hydrogen (secondary N) is 1. The molecule has 0 heterocycles. The van der Waals surface area contributed by atoms with Crippen LogP contribution in [0.25, 0.3) is 0 Å². The van der Waals surface area contributed by atoms with Gasteiger partial charge in [-0.2, -0.15) is 8.42 Å². The van der Waals surface area contributed by atoms with E-state index >= 15 is 0 Å². The van der Waals surface area contributed by atoms with Crippen molar-refractivity contribution in [1.82, 2.24) is 5.32 Å². The average molecular weight is 345 g/mol. The van der Waals surface area contributed by atoms with Crippen LogP contribution in [0.5, 0.6) is 0 Å². The van der Waals surface area contributed by atoms with E-state index in [2.05, 4.69) is 16.4 Å². The Morgan fingerprint density at radius 3 is 1.86 bits per heavy atom. The van der Waals surface area contributed by atoms with Crippen molar-refractivity contribution >= 4 is 44.0 Å². The second kappa shape index (κ2) is 17.7. The monoisotopic (exact) mass is 345 g/mol. The number of rotatable bonds is 13. The summed E-state index contributed by atoms with van der Waals surface area (Å²) < 4.78 is 31.5. The summed E-state index contributed by atoms with van der Waals surface area (Å²) in [6, 6.07) is 0. The third-order valence-electron chi connectivity index (χ3n) is 3.19. The molecule has 0 aliphatic heterocycles. The SMILES string of the molecule is CCCCCCCCCCCC(=O)NCCS(=O)(=O)O.[CH3][Na]. The molecule has 0 atom stereocenters. The first-order valence-electron chi connectivity index (χ1n) is 8.67. The molecule has 1 amide bonds. The Hall–Kier alpha value is 0.380. The van der Waals surface area contributed by atoms with Crippen molar-refractivity contribution in [2.75, 3.05) is 12.3 Å². The van der Waals surface area contributed by atoms with Crippen molar-refractivity contribution < 1.29 is 17.8 Å². The molecule has 0 unspecified atom stereocenters. The summed E-state index contributed by atoms with van der Waals surface area (Å²) in [5, 5.41) is 2.49. The number of carbonyl (C=O) groups is 1. The number of hydrogen-bond acceptors (Lipinski definition) is 3. The van der Waals surface area contributed by atoms with E-state index in [0.29, 0.717) is 6.42 Å². The van der Waals surface area contributed by atoms with Crippen LogP contribution in [-0.4, -0.2) is 59.1 Å². The molecule has 0 aromatic heterocycles. The molecule has 7 heteroatoms. The number of amides is 1. The van der Waals surface area contributed by atoms with E-state index in [0.717, 1.165) is 19.3 Å². The molecule has 0 saturated carbocycles. The topological polar surface area (TPSA) is 83.5 Å². The maximum absolute atomic E-state index is 11.3. The first-order chi connectivity index (χ1) is 10.5. The van der Waals surface area contributed by atoms with Crippen LogP contribution >= 0.6 is 0 Å². The Morgan fingerprint density at radius 2 is 1.41 bits per heavy atom. The fraction of sp³-hybridized carbons (Fsp3) is 0.933. The van der Waals surface area contributed by atoms with Gasteiger partial charge in [0.2, 0.25) is 5.91 Å². The second-order valence-electron chi connectivity index (χ2n) is 5.21. The molecule has 0 aliphatic rings. The van der Waals surface area contributed by atoms with Gasteiger partial charge in [-0.05, 0) is 6.42 Å². The van der Waals surface area contributed by atoms with E-state index in [1.54, 1.807) is 0 Å². The molecule has 0 saturated heterocycles. The molecule has 0 aromatic carbocycles. The van der Waals surface area contributed by atoms with E-state index in [1.165, 1.54) is 66.5 Å². The van der Waals surface area contributed by atoms with Crippen LogP contribution in [0.1, 0.15) is 71.1 Å². The molecule has 0 spiro atoms. The molecule has 22 heavy (non-hydrogen) atoms. The molecule has 0 bridgehead atoms. The molecule has 0 rings (SSSR count). The summed E-state index contributed by atoms with van der Waals surface area (Å²) in [5.41, 5.74) is 0. The molecule has 128 valence electrons. The zero-order valence-corrected chi connectivity index (χ0v) is 17.4. The molecule has 0 aromatic rings. The Morgan fingerprint density at radius 1 is 0.955 bits per heavy atom. The van der Waals surface area contributed by atoms with E-state index in [-0.39, 0.29) is 12.5 Å². The van der Waals surface area contributed by atoms with Crippen molar-refractivity contribution in [2.24, 2.45) is 0 Å². The predicted molar refractivity (Wildman–Crippen MR) is 92.9 cm³/mol. The fourth-order valence-corrected chi connectivity index (χ4v) is 2.36. The van der Waals surface area contributed by atoms with Gasteiger partial charge in [0, 0.05) is 13.0 Å². The van der Waals surface area contributed by atoms with Crippen LogP contribution in [0, 0.1) is 0 Å². The van der Waals surface area contributed by atoms with Crippen molar-refractivity contribution in [1.29, 1.82) is 0 Å². The molecule has 0 aliphatic carbocycles. The fourth-order valence-electron chi connectivity index (χ4n) is 2.00. The Balaban J connectivity index is 0. The van der Waals surface area contributed by atoms with E-state index < -0.39 is 15.9 Å². The Bertz CT molecular complexity index is 347. The maximum atomic E-state index is 11.3. The Labute approximate surface area is 154 Å². The normalized spacial score (nSPS) is 10.8. The summed E-state index contributed by atoms with van der Waals surface area (Å²) >= 11 is 1.31. The minimum absolute atomic E-state index is 0.0188. The van der Waals surface area contributed by atoms with Crippen LogP contribution in [0.3, 0.4) is 0 Å². The van der Waals surface area contributed by atoms with Crippen molar-refractivity contribution in [3.63, 3.8) is 0 Å². The van der Waals surface area contributed by atoms with E-state index in [1.807, 2.05) is 0 Å². The Kier molecular flexibility index (Phi) is 19.8. The van der Waals surface area contributed by atoms with Crippen LogP contribution in [0.2, 0.25) is 4.17 Å². The zero-order valence-electron chi connectivity index (χ0n) is 14.6. The van der Waals surface area contributed by atoms with Crippen LogP contribution in [0.4, 0.5) is 0 Å². The van der Waals surface area contributed by atoms with Crippen molar-refractivity contribution in [3.8, 4) is 0 Å². The first-order valence-corrected chi connectivity index (χ1v) is 12.3. The van der Waals surface area contributed by atoms with Gasteiger partial charge in [-0.15, -0.1) is 0 Å². The van der Waals surface area contributed by atoms with Gasteiger partial charge >= 0.3 is 32.1 Å². The zero-order chi connectivity index (χ0) is 17.3. The number of carbonyl (C=O) groups excluding carboxylic acids is 1. The average Bonchev–Trinajstić information content (AvgIpc) is 2.46. The number of unbranched alkanes of at least 4 members (excludes halogenated alkanes) is 8. The molecule has 2 N–H and O–H groups in total. The summed E-state index contributed by atoms with van der Waals surface area (Å²) in [5.74, 6) is -0.562. The molecule has 0 fully saturated rings. The van der Waals surface area contributed by atoms with Gasteiger partial charge in [0.05, 0.1) is 5.75 Å². The van der Waals surface area contributed by atoms with Gasteiger partial charge in [0.25, 0.3) is 10.1 Å². The summed E-state index contributed by atoms with van der Waals surface area (Å²) in [7, 11) is -3.98. The van der Waals surface area contributed by atoms with Crippen LogP contribution in [-0.2, 0) is 14.9 Å². The first kappa shape index (κ1) is 24.6. The molecule has 0 radical (unpaired) electrons. The van der Waals surface area contributed by atoms with Gasteiger partial charge in [-0.1, -0.05) is 58.3 Å². The molecular formula is C15H32NNaO4S. The van der Waals surface area contributed by atoms with Gasteiger partial charge in [-0.25, -0.2) is 0 Å². The van der Waals surface area contributed by atoms with Crippen molar-refractivity contribution in [2.45, 2.75) is 75.3 Å². The van der Waals surface area contributed by atoms with Gasteiger partial charge in [0.15, 0.2) is 0 Å². The van der Waals surface area contributed by atoms with Gasteiger partial charge in [0.1, 0.15) is 0 Å². The minimum atomic E-state index is -3.98. The van der Waals surface area contributed by atoms with E-state index in [4.69, 9.17) is 4.55 Å².